The third kappa shape index (κ3) is 6.09. The Morgan fingerprint density at radius 1 is 1.05 bits per heavy atom. The second-order valence-corrected chi connectivity index (χ2v) is 6.35. The Balaban J connectivity index is 1.76. The van der Waals surface area contributed by atoms with E-state index in [9.17, 15) is 0 Å². The van der Waals surface area contributed by atoms with E-state index in [0.29, 0.717) is 0 Å². The lowest BCUT2D eigenvalue weighted by Gasteiger charge is -2.20. The van der Waals surface area contributed by atoms with Gasteiger partial charge in [-0.2, -0.15) is 0 Å². The van der Waals surface area contributed by atoms with Crippen molar-refractivity contribution in [3.63, 3.8) is 0 Å². The van der Waals surface area contributed by atoms with Crippen LogP contribution >= 0.6 is 0 Å². The van der Waals surface area contributed by atoms with Crippen LogP contribution in [0.2, 0.25) is 0 Å². The van der Waals surface area contributed by atoms with Gasteiger partial charge in [-0.1, -0.05) is 44.7 Å². The van der Waals surface area contributed by atoms with E-state index >= 15 is 0 Å². The molecule has 118 valence electrons. The minimum absolute atomic E-state index is 0.830. The number of unbranched alkanes of at least 4 members (excludes halogenated alkanes) is 3. The highest BCUT2D eigenvalue weighted by Crippen LogP contribution is 2.18. The summed E-state index contributed by atoms with van der Waals surface area (Å²) in [6.45, 7) is 4.17. The summed E-state index contributed by atoms with van der Waals surface area (Å²) in [7, 11) is 0. The fourth-order valence-electron chi connectivity index (χ4n) is 3.19. The molecule has 21 heavy (non-hydrogen) atoms. The van der Waals surface area contributed by atoms with E-state index in [2.05, 4.69) is 36.5 Å². The van der Waals surface area contributed by atoms with Crippen molar-refractivity contribution < 1.29 is 10.1 Å². The van der Waals surface area contributed by atoms with Gasteiger partial charge in [-0.15, -0.1) is 0 Å². The van der Waals surface area contributed by atoms with Crippen LogP contribution in [0.1, 0.15) is 70.3 Å². The lowest BCUT2D eigenvalue weighted by atomic mass is 9.95. The second-order valence-electron chi connectivity index (χ2n) is 6.35. The molecule has 0 heterocycles. The lowest BCUT2D eigenvalue weighted by Crippen LogP contribution is -2.88. The zero-order chi connectivity index (χ0) is 14.8. The SMILES string of the molecule is CCCCCCOc1ccccc1C[NH2+]C1CCCCC1. The fraction of sp³-hybridized carbons (Fsp3) is 0.684. The van der Waals surface area contributed by atoms with E-state index in [0.717, 1.165) is 24.9 Å². The molecule has 1 aliphatic rings. The first-order valence-electron chi connectivity index (χ1n) is 8.94. The number of quaternary nitrogens is 1. The molecule has 1 fully saturated rings. The predicted molar refractivity (Wildman–Crippen MR) is 88.6 cm³/mol. The van der Waals surface area contributed by atoms with Gasteiger partial charge in [0.25, 0.3) is 0 Å². The normalized spacial score (nSPS) is 16.0. The summed E-state index contributed by atoms with van der Waals surface area (Å²) in [5, 5.41) is 2.53. The quantitative estimate of drug-likeness (QED) is 0.682. The van der Waals surface area contributed by atoms with Gasteiger partial charge in [-0.3, -0.25) is 0 Å². The van der Waals surface area contributed by atoms with Gasteiger partial charge in [0.2, 0.25) is 0 Å². The van der Waals surface area contributed by atoms with Crippen LogP contribution in [0.5, 0.6) is 5.75 Å². The average molecular weight is 290 g/mol. The summed E-state index contributed by atoms with van der Waals surface area (Å²) in [6.07, 6.45) is 12.1. The Labute approximate surface area is 130 Å². The smallest absolute Gasteiger partial charge is 0.128 e. The number of nitrogens with two attached hydrogens (primary N) is 1. The van der Waals surface area contributed by atoms with Crippen LogP contribution in [0, 0.1) is 0 Å². The summed E-state index contributed by atoms with van der Waals surface area (Å²) in [6, 6.07) is 9.40. The Morgan fingerprint density at radius 2 is 1.86 bits per heavy atom. The Hall–Kier alpha value is -1.02. The van der Waals surface area contributed by atoms with Crippen LogP contribution < -0.4 is 10.1 Å². The molecule has 2 nitrogen and oxygen atoms in total. The summed E-state index contributed by atoms with van der Waals surface area (Å²) >= 11 is 0. The molecule has 0 radical (unpaired) electrons. The summed E-state index contributed by atoms with van der Waals surface area (Å²) in [4.78, 5) is 0. The predicted octanol–water partition coefficient (Wildman–Crippen LogP) is 4.04. The van der Waals surface area contributed by atoms with Crippen LogP contribution in [-0.4, -0.2) is 12.6 Å². The van der Waals surface area contributed by atoms with E-state index in [1.54, 1.807) is 0 Å². The topological polar surface area (TPSA) is 25.8 Å². The third-order valence-electron chi connectivity index (χ3n) is 4.55. The molecule has 0 bridgehead atoms. The zero-order valence-corrected chi connectivity index (χ0v) is 13.7. The molecule has 0 unspecified atom stereocenters. The molecule has 1 aromatic carbocycles. The highest BCUT2D eigenvalue weighted by atomic mass is 16.5. The van der Waals surface area contributed by atoms with Gasteiger partial charge in [0.05, 0.1) is 12.6 Å². The van der Waals surface area contributed by atoms with Crippen molar-refractivity contribution in [1.29, 1.82) is 0 Å². The minimum atomic E-state index is 0.830. The molecular formula is C19H32NO+. The first-order valence-corrected chi connectivity index (χ1v) is 8.94. The number of ether oxygens (including phenoxy) is 1. The van der Waals surface area contributed by atoms with E-state index in [4.69, 9.17) is 4.74 Å². The van der Waals surface area contributed by atoms with Crippen molar-refractivity contribution in [3.8, 4) is 5.75 Å². The zero-order valence-electron chi connectivity index (χ0n) is 13.7. The van der Waals surface area contributed by atoms with Gasteiger partial charge in [0.1, 0.15) is 12.3 Å². The monoisotopic (exact) mass is 290 g/mol. The van der Waals surface area contributed by atoms with E-state index < -0.39 is 0 Å². The largest absolute Gasteiger partial charge is 0.493 e. The molecule has 2 heteroatoms. The third-order valence-corrected chi connectivity index (χ3v) is 4.55. The molecule has 1 aromatic rings. The highest BCUT2D eigenvalue weighted by molar-refractivity contribution is 5.32. The van der Waals surface area contributed by atoms with Crippen LogP contribution in [-0.2, 0) is 6.54 Å². The van der Waals surface area contributed by atoms with E-state index in [1.807, 2.05) is 0 Å². The Bertz CT molecular complexity index is 385. The molecule has 0 atom stereocenters. The van der Waals surface area contributed by atoms with Gasteiger partial charge in [0, 0.05) is 5.56 Å². The molecule has 0 aliphatic heterocycles. The van der Waals surface area contributed by atoms with Crippen molar-refractivity contribution >= 4 is 0 Å². The van der Waals surface area contributed by atoms with Crippen LogP contribution in [0.3, 0.4) is 0 Å². The molecule has 0 saturated heterocycles. The van der Waals surface area contributed by atoms with Crippen LogP contribution in [0.15, 0.2) is 24.3 Å². The van der Waals surface area contributed by atoms with Crippen LogP contribution in [0.25, 0.3) is 0 Å². The molecule has 2 N–H and O–H groups in total. The van der Waals surface area contributed by atoms with Crippen molar-refractivity contribution in [2.24, 2.45) is 0 Å². The summed E-state index contributed by atoms with van der Waals surface area (Å²) < 4.78 is 6.00. The van der Waals surface area contributed by atoms with Crippen molar-refractivity contribution in [1.82, 2.24) is 0 Å². The maximum atomic E-state index is 6.00. The molecule has 0 spiro atoms. The average Bonchev–Trinajstić information content (AvgIpc) is 2.55. The number of hydrogen-bond donors (Lipinski definition) is 1. The second kappa shape index (κ2) is 9.83. The molecule has 2 rings (SSSR count). The highest BCUT2D eigenvalue weighted by Gasteiger charge is 2.16. The maximum absolute atomic E-state index is 6.00. The number of hydrogen-bond acceptors (Lipinski definition) is 1. The molecule has 1 saturated carbocycles. The van der Waals surface area contributed by atoms with Gasteiger partial charge in [-0.25, -0.2) is 0 Å². The molecular weight excluding hydrogens is 258 g/mol. The Morgan fingerprint density at radius 3 is 2.67 bits per heavy atom. The van der Waals surface area contributed by atoms with Crippen LogP contribution in [0.4, 0.5) is 0 Å². The van der Waals surface area contributed by atoms with Gasteiger partial charge < -0.3 is 10.1 Å². The summed E-state index contributed by atoms with van der Waals surface area (Å²) in [5.74, 6) is 1.10. The fourth-order valence-corrected chi connectivity index (χ4v) is 3.19. The minimum Gasteiger partial charge on any atom is -0.493 e. The van der Waals surface area contributed by atoms with E-state index in [1.165, 1.54) is 63.4 Å². The number of benzene rings is 1. The van der Waals surface area contributed by atoms with Crippen molar-refractivity contribution in [3.05, 3.63) is 29.8 Å². The van der Waals surface area contributed by atoms with Gasteiger partial charge >= 0.3 is 0 Å². The lowest BCUT2D eigenvalue weighted by molar-refractivity contribution is -0.706. The number of para-hydroxylation sites is 1. The van der Waals surface area contributed by atoms with Gasteiger partial charge in [0.15, 0.2) is 0 Å². The maximum Gasteiger partial charge on any atom is 0.128 e. The molecule has 1 aliphatic carbocycles. The standard InChI is InChI=1S/C19H31NO/c1-2-3-4-10-15-21-19-14-9-8-11-17(19)16-20-18-12-6-5-7-13-18/h8-9,11,14,18,20H,2-7,10,12-13,15-16H2,1H3/p+1. The van der Waals surface area contributed by atoms with Crippen molar-refractivity contribution in [2.75, 3.05) is 6.61 Å². The number of rotatable bonds is 9. The first kappa shape index (κ1) is 16.4. The van der Waals surface area contributed by atoms with Crippen molar-refractivity contribution in [2.45, 2.75) is 77.3 Å². The first-order chi connectivity index (χ1) is 10.4. The Kier molecular flexibility index (Phi) is 7.66. The molecule has 0 aromatic heterocycles. The summed E-state index contributed by atoms with van der Waals surface area (Å²) in [5.41, 5.74) is 1.36. The molecule has 0 amide bonds. The van der Waals surface area contributed by atoms with E-state index in [-0.39, 0.29) is 0 Å². The van der Waals surface area contributed by atoms with Gasteiger partial charge in [-0.05, 0) is 44.2 Å².